The first kappa shape index (κ1) is 22.5. The second kappa shape index (κ2) is 9.44. The third-order valence-electron chi connectivity index (χ3n) is 5.32. The summed E-state index contributed by atoms with van der Waals surface area (Å²) in [5.41, 5.74) is 1.65. The zero-order valence-corrected chi connectivity index (χ0v) is 17.6. The van der Waals surface area contributed by atoms with Crippen LogP contribution < -0.4 is 0 Å². The SMILES string of the molecule is O=C(O)CCCCCc1cnc2oc(-c3ccc(-c4ccccc4)c(C(F)(F)F)c3)nc2c1. The van der Waals surface area contributed by atoms with E-state index in [1.807, 2.05) is 0 Å². The number of halogens is 3. The van der Waals surface area contributed by atoms with Crippen LogP contribution in [0.2, 0.25) is 0 Å². The van der Waals surface area contributed by atoms with Crippen molar-refractivity contribution in [3.05, 3.63) is 71.9 Å². The Labute approximate surface area is 187 Å². The Kier molecular flexibility index (Phi) is 6.44. The zero-order chi connectivity index (χ0) is 23.4. The van der Waals surface area contributed by atoms with Crippen LogP contribution in [0.5, 0.6) is 0 Å². The third kappa shape index (κ3) is 5.39. The molecule has 170 valence electrons. The van der Waals surface area contributed by atoms with Crippen molar-refractivity contribution in [3.8, 4) is 22.6 Å². The number of carboxylic acids is 1. The average Bonchev–Trinajstić information content (AvgIpc) is 3.22. The molecule has 2 heterocycles. The molecule has 33 heavy (non-hydrogen) atoms. The number of aliphatic carboxylic acids is 1. The van der Waals surface area contributed by atoms with Crippen molar-refractivity contribution in [1.29, 1.82) is 0 Å². The van der Waals surface area contributed by atoms with Gasteiger partial charge in [-0.2, -0.15) is 13.2 Å². The largest absolute Gasteiger partial charge is 0.481 e. The summed E-state index contributed by atoms with van der Waals surface area (Å²) in [4.78, 5) is 19.2. The number of oxazole rings is 1. The maximum atomic E-state index is 13.8. The Balaban J connectivity index is 1.59. The topological polar surface area (TPSA) is 76.2 Å². The zero-order valence-electron chi connectivity index (χ0n) is 17.6. The van der Waals surface area contributed by atoms with Crippen LogP contribution in [0.15, 0.2) is 65.2 Å². The second-order valence-corrected chi connectivity index (χ2v) is 7.77. The van der Waals surface area contributed by atoms with E-state index in [2.05, 4.69) is 9.97 Å². The fraction of sp³-hybridized carbons (Fsp3) is 0.240. The number of aryl methyl sites for hydroxylation is 1. The van der Waals surface area contributed by atoms with E-state index in [4.69, 9.17) is 9.52 Å². The molecule has 4 rings (SSSR count). The molecule has 2 aromatic heterocycles. The Morgan fingerprint density at radius 1 is 0.970 bits per heavy atom. The van der Waals surface area contributed by atoms with Crippen LogP contribution in [-0.4, -0.2) is 21.0 Å². The number of benzene rings is 2. The Morgan fingerprint density at radius 2 is 1.76 bits per heavy atom. The first-order chi connectivity index (χ1) is 15.8. The Hall–Kier alpha value is -3.68. The van der Waals surface area contributed by atoms with Crippen molar-refractivity contribution in [2.24, 2.45) is 0 Å². The van der Waals surface area contributed by atoms with Crippen LogP contribution in [0, 0.1) is 0 Å². The van der Waals surface area contributed by atoms with Crippen LogP contribution in [0.4, 0.5) is 13.2 Å². The number of hydrogen-bond donors (Lipinski definition) is 1. The molecular formula is C25H21F3N2O3. The average molecular weight is 454 g/mol. The lowest BCUT2D eigenvalue weighted by molar-refractivity contribution is -0.138. The first-order valence-electron chi connectivity index (χ1n) is 10.6. The number of carboxylic acid groups (broad SMARTS) is 1. The smallest absolute Gasteiger partial charge is 0.417 e. The molecule has 0 bridgehead atoms. The minimum atomic E-state index is -4.54. The molecule has 0 aliphatic heterocycles. The molecule has 0 atom stereocenters. The number of nitrogens with zero attached hydrogens (tertiary/aromatic N) is 2. The molecule has 8 heteroatoms. The van der Waals surface area contributed by atoms with E-state index in [0.29, 0.717) is 23.9 Å². The number of rotatable bonds is 8. The Morgan fingerprint density at radius 3 is 2.48 bits per heavy atom. The molecule has 0 saturated carbocycles. The summed E-state index contributed by atoms with van der Waals surface area (Å²) in [5, 5.41) is 8.69. The quantitative estimate of drug-likeness (QED) is 0.298. The predicted molar refractivity (Wildman–Crippen MR) is 117 cm³/mol. The van der Waals surface area contributed by atoms with Gasteiger partial charge in [0, 0.05) is 18.2 Å². The van der Waals surface area contributed by atoms with E-state index in [9.17, 15) is 18.0 Å². The molecule has 0 saturated heterocycles. The molecule has 0 radical (unpaired) electrons. The van der Waals surface area contributed by atoms with Crippen LogP contribution in [0.1, 0.15) is 36.8 Å². The molecule has 0 spiro atoms. The highest BCUT2D eigenvalue weighted by Gasteiger charge is 2.34. The van der Waals surface area contributed by atoms with E-state index in [1.165, 1.54) is 6.07 Å². The fourth-order valence-corrected chi connectivity index (χ4v) is 3.69. The molecule has 2 aromatic carbocycles. The van der Waals surface area contributed by atoms with Crippen molar-refractivity contribution in [2.45, 2.75) is 38.3 Å². The Bertz CT molecular complexity index is 1270. The highest BCUT2D eigenvalue weighted by Crippen LogP contribution is 2.39. The molecule has 0 fully saturated rings. The summed E-state index contributed by atoms with van der Waals surface area (Å²) in [7, 11) is 0. The summed E-state index contributed by atoms with van der Waals surface area (Å²) in [6.45, 7) is 0. The van der Waals surface area contributed by atoms with Gasteiger partial charge in [-0.3, -0.25) is 4.79 Å². The van der Waals surface area contributed by atoms with Gasteiger partial charge in [0.05, 0.1) is 5.56 Å². The van der Waals surface area contributed by atoms with Crippen molar-refractivity contribution in [1.82, 2.24) is 9.97 Å². The lowest BCUT2D eigenvalue weighted by Gasteiger charge is -2.14. The normalized spacial score (nSPS) is 11.7. The summed E-state index contributed by atoms with van der Waals surface area (Å²) >= 11 is 0. The maximum Gasteiger partial charge on any atom is 0.417 e. The number of unbranched alkanes of at least 4 members (excludes halogenated alkanes) is 2. The molecule has 4 aromatic rings. The molecular weight excluding hydrogens is 433 g/mol. The number of alkyl halides is 3. The van der Waals surface area contributed by atoms with Gasteiger partial charge in [0.2, 0.25) is 11.6 Å². The number of aromatic nitrogens is 2. The highest BCUT2D eigenvalue weighted by molar-refractivity contribution is 5.76. The van der Waals surface area contributed by atoms with Gasteiger partial charge in [0.25, 0.3) is 0 Å². The van der Waals surface area contributed by atoms with Crippen LogP contribution in [-0.2, 0) is 17.4 Å². The van der Waals surface area contributed by atoms with Gasteiger partial charge >= 0.3 is 12.1 Å². The van der Waals surface area contributed by atoms with Crippen LogP contribution >= 0.6 is 0 Å². The number of fused-ring (bicyclic) bond motifs is 1. The second-order valence-electron chi connectivity index (χ2n) is 7.77. The maximum absolute atomic E-state index is 13.8. The van der Waals surface area contributed by atoms with Gasteiger partial charge in [-0.25, -0.2) is 9.97 Å². The van der Waals surface area contributed by atoms with Gasteiger partial charge in [0.15, 0.2) is 0 Å². The number of carbonyl (C=O) groups is 1. The number of hydrogen-bond acceptors (Lipinski definition) is 4. The standard InChI is InChI=1S/C25H21F3N2O3/c26-25(27,28)20-14-18(11-12-19(20)17-8-4-2-5-9-17)23-30-21-13-16(15-29-24(21)33-23)7-3-1-6-10-22(31)32/h2,4-5,8-9,11-15H,1,3,6-7,10H2,(H,31,32). The van der Waals surface area contributed by atoms with Crippen molar-refractivity contribution >= 4 is 17.2 Å². The summed E-state index contributed by atoms with van der Waals surface area (Å²) < 4.78 is 47.1. The summed E-state index contributed by atoms with van der Waals surface area (Å²) in [6.07, 6.45) is 0.151. The van der Waals surface area contributed by atoms with Crippen molar-refractivity contribution < 1.29 is 27.5 Å². The summed E-state index contributed by atoms with van der Waals surface area (Å²) in [6, 6.07) is 14.3. The van der Waals surface area contributed by atoms with Gasteiger partial charge in [0.1, 0.15) is 5.52 Å². The minimum Gasteiger partial charge on any atom is -0.481 e. The third-order valence-corrected chi connectivity index (χ3v) is 5.32. The first-order valence-corrected chi connectivity index (χ1v) is 10.6. The van der Waals surface area contributed by atoms with Gasteiger partial charge in [-0.05, 0) is 54.2 Å². The molecule has 5 nitrogen and oxygen atoms in total. The van der Waals surface area contributed by atoms with Gasteiger partial charge in [-0.1, -0.05) is 42.8 Å². The lowest BCUT2D eigenvalue weighted by atomic mass is 9.97. The van der Waals surface area contributed by atoms with E-state index >= 15 is 0 Å². The fourth-order valence-electron chi connectivity index (χ4n) is 3.69. The van der Waals surface area contributed by atoms with Gasteiger partial charge < -0.3 is 9.52 Å². The molecule has 0 amide bonds. The van der Waals surface area contributed by atoms with Crippen LogP contribution in [0.3, 0.4) is 0 Å². The molecule has 0 unspecified atom stereocenters. The predicted octanol–water partition coefficient (Wildman–Crippen LogP) is 6.76. The van der Waals surface area contributed by atoms with Crippen LogP contribution in [0.25, 0.3) is 33.8 Å². The van der Waals surface area contributed by atoms with E-state index < -0.39 is 17.7 Å². The summed E-state index contributed by atoms with van der Waals surface area (Å²) in [5.74, 6) is -0.736. The minimum absolute atomic E-state index is 0.0706. The van der Waals surface area contributed by atoms with Gasteiger partial charge in [-0.15, -0.1) is 0 Å². The molecule has 1 N–H and O–H groups in total. The highest BCUT2D eigenvalue weighted by atomic mass is 19.4. The monoisotopic (exact) mass is 454 g/mol. The molecule has 0 aliphatic rings. The van der Waals surface area contributed by atoms with E-state index in [-0.39, 0.29) is 29.2 Å². The van der Waals surface area contributed by atoms with Crippen molar-refractivity contribution in [3.63, 3.8) is 0 Å². The van der Waals surface area contributed by atoms with E-state index in [1.54, 1.807) is 48.7 Å². The lowest BCUT2D eigenvalue weighted by Crippen LogP contribution is -2.07. The molecule has 0 aliphatic carbocycles. The van der Waals surface area contributed by atoms with E-state index in [0.717, 1.165) is 24.5 Å². The number of pyridine rings is 1. The van der Waals surface area contributed by atoms with Crippen molar-refractivity contribution in [2.75, 3.05) is 0 Å².